The van der Waals surface area contributed by atoms with Gasteiger partial charge in [-0.05, 0) is 33.0 Å². The van der Waals surface area contributed by atoms with Crippen molar-refractivity contribution in [1.82, 2.24) is 24.8 Å². The van der Waals surface area contributed by atoms with Crippen molar-refractivity contribution in [2.75, 3.05) is 20.1 Å². The molecule has 0 spiro atoms. The normalized spacial score (nSPS) is 14.4. The summed E-state index contributed by atoms with van der Waals surface area (Å²) in [4.78, 5) is 16.4. The van der Waals surface area contributed by atoms with Gasteiger partial charge < -0.3 is 4.90 Å². The third kappa shape index (κ3) is 3.27. The van der Waals surface area contributed by atoms with Gasteiger partial charge in [-0.2, -0.15) is 0 Å². The first kappa shape index (κ1) is 15.7. The van der Waals surface area contributed by atoms with E-state index in [1.54, 1.807) is 0 Å². The molecule has 0 saturated heterocycles. The van der Waals surface area contributed by atoms with Crippen LogP contribution in [0.5, 0.6) is 0 Å². The lowest BCUT2D eigenvalue weighted by molar-refractivity contribution is -0.133. The Morgan fingerprint density at radius 1 is 1.30 bits per heavy atom. The molecule has 3 rings (SSSR count). The standard InChI is InChI=1S/C17H23N5O/c1-13(2)20(3)12-17(23)21-10-9-16-15(11-21)18-19-22(16)14-7-5-4-6-8-14/h4-8,13H,9-12H2,1-3H3. The van der Waals surface area contributed by atoms with Crippen LogP contribution in [0, 0.1) is 0 Å². The lowest BCUT2D eigenvalue weighted by Gasteiger charge is -2.29. The first-order chi connectivity index (χ1) is 11.1. The lowest BCUT2D eigenvalue weighted by atomic mass is 10.1. The predicted octanol–water partition coefficient (Wildman–Crippen LogP) is 1.49. The largest absolute Gasteiger partial charge is 0.335 e. The Labute approximate surface area is 136 Å². The minimum atomic E-state index is 0.154. The summed E-state index contributed by atoms with van der Waals surface area (Å²) >= 11 is 0. The average Bonchev–Trinajstić information content (AvgIpc) is 2.98. The van der Waals surface area contributed by atoms with Gasteiger partial charge in [-0.1, -0.05) is 23.4 Å². The molecule has 0 unspecified atom stereocenters. The van der Waals surface area contributed by atoms with Crippen LogP contribution < -0.4 is 0 Å². The molecule has 0 bridgehead atoms. The summed E-state index contributed by atoms with van der Waals surface area (Å²) in [5.41, 5.74) is 3.03. The van der Waals surface area contributed by atoms with Gasteiger partial charge in [-0.15, -0.1) is 5.10 Å². The monoisotopic (exact) mass is 313 g/mol. The van der Waals surface area contributed by atoms with E-state index in [0.29, 0.717) is 19.1 Å². The van der Waals surface area contributed by atoms with Crippen LogP contribution in [-0.2, 0) is 17.8 Å². The molecule has 6 nitrogen and oxygen atoms in total. The zero-order chi connectivity index (χ0) is 16.4. The molecule has 1 aliphatic rings. The molecule has 2 aromatic rings. The second-order valence-corrected chi connectivity index (χ2v) is 6.30. The number of fused-ring (bicyclic) bond motifs is 1. The molecule has 1 amide bonds. The molecule has 0 aliphatic carbocycles. The molecule has 1 aromatic carbocycles. The highest BCUT2D eigenvalue weighted by Gasteiger charge is 2.26. The number of hydrogen-bond donors (Lipinski definition) is 0. The lowest BCUT2D eigenvalue weighted by Crippen LogP contribution is -2.43. The van der Waals surface area contributed by atoms with E-state index in [-0.39, 0.29) is 5.91 Å². The molecule has 0 atom stereocenters. The van der Waals surface area contributed by atoms with Crippen molar-refractivity contribution in [1.29, 1.82) is 0 Å². The quantitative estimate of drug-likeness (QED) is 0.858. The summed E-state index contributed by atoms with van der Waals surface area (Å²) < 4.78 is 1.89. The topological polar surface area (TPSA) is 54.3 Å². The van der Waals surface area contributed by atoms with Crippen LogP contribution in [0.1, 0.15) is 25.2 Å². The maximum atomic E-state index is 12.4. The Hall–Kier alpha value is -2.21. The van der Waals surface area contributed by atoms with Crippen LogP contribution in [0.25, 0.3) is 5.69 Å². The second-order valence-electron chi connectivity index (χ2n) is 6.30. The van der Waals surface area contributed by atoms with Crippen molar-refractivity contribution >= 4 is 5.91 Å². The molecule has 1 aliphatic heterocycles. The number of likely N-dealkylation sites (N-methyl/N-ethyl adjacent to an activating group) is 1. The Balaban J connectivity index is 1.73. The summed E-state index contributed by atoms with van der Waals surface area (Å²) in [7, 11) is 1.98. The van der Waals surface area contributed by atoms with Crippen LogP contribution in [0.4, 0.5) is 0 Å². The summed E-state index contributed by atoms with van der Waals surface area (Å²) in [5.74, 6) is 0.154. The van der Waals surface area contributed by atoms with Gasteiger partial charge in [0.2, 0.25) is 5.91 Å². The second kappa shape index (κ2) is 6.50. The van der Waals surface area contributed by atoms with Gasteiger partial charge in [-0.25, -0.2) is 4.68 Å². The van der Waals surface area contributed by atoms with Gasteiger partial charge >= 0.3 is 0 Å². The van der Waals surface area contributed by atoms with Crippen LogP contribution in [-0.4, -0.2) is 56.9 Å². The summed E-state index contributed by atoms with van der Waals surface area (Å²) in [6, 6.07) is 10.4. The van der Waals surface area contributed by atoms with Gasteiger partial charge in [0.25, 0.3) is 0 Å². The Bertz CT molecular complexity index is 680. The van der Waals surface area contributed by atoms with E-state index in [0.717, 1.165) is 30.0 Å². The first-order valence-corrected chi connectivity index (χ1v) is 8.03. The maximum Gasteiger partial charge on any atom is 0.237 e. The molecular weight excluding hydrogens is 290 g/mol. The van der Waals surface area contributed by atoms with Gasteiger partial charge in [-0.3, -0.25) is 9.69 Å². The number of amides is 1. The third-order valence-corrected chi connectivity index (χ3v) is 4.42. The van der Waals surface area contributed by atoms with E-state index in [1.807, 2.05) is 47.0 Å². The number of rotatable bonds is 4. The van der Waals surface area contributed by atoms with Crippen molar-refractivity contribution in [2.45, 2.75) is 32.9 Å². The molecule has 122 valence electrons. The molecule has 2 heterocycles. The fraction of sp³-hybridized carbons (Fsp3) is 0.471. The minimum Gasteiger partial charge on any atom is -0.335 e. The van der Waals surface area contributed by atoms with Crippen molar-refractivity contribution < 1.29 is 4.79 Å². The van der Waals surface area contributed by atoms with E-state index >= 15 is 0 Å². The number of nitrogens with zero attached hydrogens (tertiary/aromatic N) is 5. The van der Waals surface area contributed by atoms with Crippen LogP contribution >= 0.6 is 0 Å². The number of benzene rings is 1. The van der Waals surface area contributed by atoms with E-state index in [4.69, 9.17) is 0 Å². The van der Waals surface area contributed by atoms with E-state index in [2.05, 4.69) is 29.1 Å². The number of carbonyl (C=O) groups is 1. The summed E-state index contributed by atoms with van der Waals surface area (Å²) in [5, 5.41) is 8.55. The maximum absolute atomic E-state index is 12.4. The van der Waals surface area contributed by atoms with E-state index < -0.39 is 0 Å². The SMILES string of the molecule is CC(C)N(C)CC(=O)N1CCc2c(nnn2-c2ccccc2)C1. The zero-order valence-corrected chi connectivity index (χ0v) is 13.9. The number of carbonyl (C=O) groups excluding carboxylic acids is 1. The minimum absolute atomic E-state index is 0.154. The highest BCUT2D eigenvalue weighted by atomic mass is 16.2. The Morgan fingerprint density at radius 2 is 2.04 bits per heavy atom. The van der Waals surface area contributed by atoms with Gasteiger partial charge in [0.1, 0.15) is 5.69 Å². The van der Waals surface area contributed by atoms with E-state index in [1.165, 1.54) is 0 Å². The summed E-state index contributed by atoms with van der Waals surface area (Å²) in [6.45, 7) is 5.89. The fourth-order valence-electron chi connectivity index (χ4n) is 2.69. The smallest absolute Gasteiger partial charge is 0.237 e. The highest BCUT2D eigenvalue weighted by Crippen LogP contribution is 2.20. The van der Waals surface area contributed by atoms with E-state index in [9.17, 15) is 4.79 Å². The molecule has 0 radical (unpaired) electrons. The molecule has 23 heavy (non-hydrogen) atoms. The zero-order valence-electron chi connectivity index (χ0n) is 13.9. The highest BCUT2D eigenvalue weighted by molar-refractivity contribution is 5.78. The first-order valence-electron chi connectivity index (χ1n) is 8.03. The molecular formula is C17H23N5O. The number of hydrogen-bond acceptors (Lipinski definition) is 4. The van der Waals surface area contributed by atoms with Crippen LogP contribution in [0.3, 0.4) is 0 Å². The average molecular weight is 313 g/mol. The van der Waals surface area contributed by atoms with Crippen LogP contribution in [0.15, 0.2) is 30.3 Å². The molecule has 0 saturated carbocycles. The van der Waals surface area contributed by atoms with Gasteiger partial charge in [0.05, 0.1) is 24.5 Å². The van der Waals surface area contributed by atoms with Crippen molar-refractivity contribution in [2.24, 2.45) is 0 Å². The molecule has 0 fully saturated rings. The molecule has 6 heteroatoms. The Morgan fingerprint density at radius 3 is 2.74 bits per heavy atom. The third-order valence-electron chi connectivity index (χ3n) is 4.42. The predicted molar refractivity (Wildman–Crippen MR) is 88.2 cm³/mol. The van der Waals surface area contributed by atoms with Crippen molar-refractivity contribution in [3.63, 3.8) is 0 Å². The van der Waals surface area contributed by atoms with Crippen molar-refractivity contribution in [3.05, 3.63) is 41.7 Å². The van der Waals surface area contributed by atoms with Crippen molar-refractivity contribution in [3.8, 4) is 5.69 Å². The molecule has 1 aromatic heterocycles. The molecule has 0 N–H and O–H groups in total. The fourth-order valence-corrected chi connectivity index (χ4v) is 2.69. The number of aromatic nitrogens is 3. The number of para-hydroxylation sites is 1. The Kier molecular flexibility index (Phi) is 4.43. The van der Waals surface area contributed by atoms with Crippen LogP contribution in [0.2, 0.25) is 0 Å². The van der Waals surface area contributed by atoms with Gasteiger partial charge in [0.15, 0.2) is 0 Å². The van der Waals surface area contributed by atoms with Gasteiger partial charge in [0, 0.05) is 19.0 Å². The summed E-state index contributed by atoms with van der Waals surface area (Å²) in [6.07, 6.45) is 0.786.